The van der Waals surface area contributed by atoms with E-state index >= 15 is 0 Å². The van der Waals surface area contributed by atoms with Crippen LogP contribution in [0.25, 0.3) is 0 Å². The summed E-state index contributed by atoms with van der Waals surface area (Å²) in [7, 11) is 1.43. The molecular weight excluding hydrogens is 512 g/mol. The van der Waals surface area contributed by atoms with Crippen LogP contribution in [0.15, 0.2) is 71.5 Å². The van der Waals surface area contributed by atoms with Crippen LogP contribution in [0.2, 0.25) is 0 Å². The van der Waals surface area contributed by atoms with Gasteiger partial charge in [-0.1, -0.05) is 30.3 Å². The average Bonchev–Trinajstić information content (AvgIpc) is 2.94. The van der Waals surface area contributed by atoms with E-state index in [4.69, 9.17) is 4.74 Å². The number of fused-ring (bicyclic) bond motifs is 4. The van der Waals surface area contributed by atoms with E-state index in [9.17, 15) is 24.3 Å². The zero-order valence-corrected chi connectivity index (χ0v) is 22.1. The lowest BCUT2D eigenvalue weighted by atomic mass is 9.75. The van der Waals surface area contributed by atoms with Crippen molar-refractivity contribution in [3.05, 3.63) is 88.3 Å². The minimum absolute atomic E-state index is 0.00714. The van der Waals surface area contributed by atoms with E-state index in [0.717, 1.165) is 17.0 Å². The summed E-state index contributed by atoms with van der Waals surface area (Å²) in [5.74, 6) is -0.826. The van der Waals surface area contributed by atoms with Gasteiger partial charge in [0.25, 0.3) is 11.5 Å². The number of imide groups is 2. The monoisotopic (exact) mass is 542 g/mol. The highest BCUT2D eigenvalue weighted by Gasteiger charge is 2.55. The minimum Gasteiger partial charge on any atom is -0.504 e. The number of para-hydroxylation sites is 1. The van der Waals surface area contributed by atoms with Crippen molar-refractivity contribution in [1.29, 1.82) is 0 Å². The number of ether oxygens (including phenoxy) is 1. The Bertz CT molecular complexity index is 1550. The maximum absolute atomic E-state index is 14.3. The van der Waals surface area contributed by atoms with Gasteiger partial charge >= 0.3 is 6.03 Å². The predicted molar refractivity (Wildman–Crippen MR) is 146 cm³/mol. The summed E-state index contributed by atoms with van der Waals surface area (Å²) < 4.78 is 7.11. The number of pyridine rings is 1. The standard InChI is InChI=1S/C30H30N4O6/c1-40-25-13-19(10-11-24(25)35)14-30(27(37)31-29(39)34(28(30)38)22-6-3-2-4-7-22)18-32-15-20-12-21(17-32)23-8-5-9-26(36)33(23)16-20/h2-11,13,20-21,35H,12,14-18H2,1H3,(H,31,37,39)/t20-,21-,30+/m0/s1. The molecule has 4 heterocycles. The molecule has 3 aliphatic heterocycles. The van der Waals surface area contributed by atoms with Crippen LogP contribution < -0.4 is 20.5 Å². The molecule has 6 rings (SSSR count). The molecule has 2 N–H and O–H groups in total. The Kier molecular flexibility index (Phi) is 6.42. The number of urea groups is 1. The van der Waals surface area contributed by atoms with E-state index in [2.05, 4.69) is 10.2 Å². The van der Waals surface area contributed by atoms with Gasteiger partial charge in [-0.2, -0.15) is 0 Å². The lowest BCUT2D eigenvalue weighted by Crippen LogP contribution is -2.68. The number of nitrogens with one attached hydrogen (secondary N) is 1. The number of aromatic nitrogens is 1. The molecule has 2 fully saturated rings. The Morgan fingerprint density at radius 3 is 2.55 bits per heavy atom. The second-order valence-electron chi connectivity index (χ2n) is 10.9. The van der Waals surface area contributed by atoms with Gasteiger partial charge < -0.3 is 19.3 Å². The second-order valence-corrected chi connectivity index (χ2v) is 10.9. The number of nitrogens with zero attached hydrogens (tertiary/aromatic N) is 3. The third-order valence-corrected chi connectivity index (χ3v) is 8.28. The number of methoxy groups -OCH3 is 1. The van der Waals surface area contributed by atoms with Crippen molar-refractivity contribution in [2.75, 3.05) is 31.6 Å². The largest absolute Gasteiger partial charge is 0.504 e. The van der Waals surface area contributed by atoms with E-state index in [1.54, 1.807) is 54.6 Å². The Balaban J connectivity index is 1.39. The molecule has 206 valence electrons. The molecule has 2 bridgehead atoms. The van der Waals surface area contributed by atoms with Crippen LogP contribution in [0.4, 0.5) is 10.5 Å². The van der Waals surface area contributed by atoms with Crippen molar-refractivity contribution < 1.29 is 24.2 Å². The molecule has 0 saturated carbocycles. The fraction of sp³-hybridized carbons (Fsp3) is 0.333. The molecule has 10 nitrogen and oxygen atoms in total. The van der Waals surface area contributed by atoms with Crippen LogP contribution in [0.5, 0.6) is 11.5 Å². The summed E-state index contributed by atoms with van der Waals surface area (Å²) in [6.07, 6.45) is 0.920. The van der Waals surface area contributed by atoms with E-state index in [0.29, 0.717) is 30.9 Å². The molecule has 3 aliphatic rings. The van der Waals surface area contributed by atoms with Crippen LogP contribution in [-0.4, -0.2) is 59.2 Å². The number of anilines is 1. The van der Waals surface area contributed by atoms with Crippen molar-refractivity contribution in [3.8, 4) is 11.5 Å². The third kappa shape index (κ3) is 4.34. The highest BCUT2D eigenvalue weighted by atomic mass is 16.5. The number of aromatic hydroxyl groups is 1. The lowest BCUT2D eigenvalue weighted by Gasteiger charge is -2.47. The molecule has 4 amide bonds. The van der Waals surface area contributed by atoms with Gasteiger partial charge in [0.1, 0.15) is 5.41 Å². The SMILES string of the molecule is COc1cc(C[C@@]2(CN3C[C@@H]4C[C@@H](C3)c3cccc(=O)n3C4)C(=O)NC(=O)N(c3ccccc3)C2=O)ccc1O. The van der Waals surface area contributed by atoms with Gasteiger partial charge in [-0.15, -0.1) is 0 Å². The first-order valence-electron chi connectivity index (χ1n) is 13.3. The first kappa shape index (κ1) is 25.8. The van der Waals surface area contributed by atoms with Crippen molar-refractivity contribution in [2.24, 2.45) is 11.3 Å². The van der Waals surface area contributed by atoms with Gasteiger partial charge in [0.05, 0.1) is 12.8 Å². The fourth-order valence-electron chi connectivity index (χ4n) is 6.53. The number of hydrogen-bond donors (Lipinski definition) is 2. The topological polar surface area (TPSA) is 121 Å². The molecule has 10 heteroatoms. The van der Waals surface area contributed by atoms with Crippen LogP contribution in [0, 0.1) is 11.3 Å². The van der Waals surface area contributed by atoms with E-state index in [1.807, 2.05) is 10.6 Å². The average molecular weight is 543 g/mol. The Hall–Kier alpha value is -4.44. The number of rotatable bonds is 6. The molecule has 0 radical (unpaired) electrons. The molecule has 0 spiro atoms. The van der Waals surface area contributed by atoms with Crippen molar-refractivity contribution >= 4 is 23.5 Å². The highest BCUT2D eigenvalue weighted by Crippen LogP contribution is 2.40. The van der Waals surface area contributed by atoms with E-state index < -0.39 is 23.3 Å². The molecule has 2 aromatic carbocycles. The van der Waals surface area contributed by atoms with Crippen molar-refractivity contribution in [1.82, 2.24) is 14.8 Å². The van der Waals surface area contributed by atoms with Crippen LogP contribution in [0.1, 0.15) is 23.6 Å². The van der Waals surface area contributed by atoms with E-state index in [1.165, 1.54) is 13.2 Å². The van der Waals surface area contributed by atoms with Crippen LogP contribution >= 0.6 is 0 Å². The number of carbonyl (C=O) groups is 3. The molecule has 3 atom stereocenters. The summed E-state index contributed by atoms with van der Waals surface area (Å²) in [4.78, 5) is 56.8. The Morgan fingerprint density at radius 1 is 0.975 bits per heavy atom. The van der Waals surface area contributed by atoms with Crippen molar-refractivity contribution in [2.45, 2.75) is 25.3 Å². The second kappa shape index (κ2) is 9.95. The fourth-order valence-corrected chi connectivity index (χ4v) is 6.53. The zero-order valence-electron chi connectivity index (χ0n) is 22.1. The van der Waals surface area contributed by atoms with Gasteiger partial charge in [-0.05, 0) is 54.7 Å². The number of carbonyl (C=O) groups excluding carboxylic acids is 3. The molecule has 2 saturated heterocycles. The smallest absolute Gasteiger partial charge is 0.335 e. The maximum atomic E-state index is 14.3. The molecule has 3 aromatic rings. The minimum atomic E-state index is -1.63. The van der Waals surface area contributed by atoms with Gasteiger partial charge in [0, 0.05) is 43.9 Å². The zero-order chi connectivity index (χ0) is 28.0. The number of hydrogen-bond acceptors (Lipinski definition) is 7. The molecule has 40 heavy (non-hydrogen) atoms. The lowest BCUT2D eigenvalue weighted by molar-refractivity contribution is -0.144. The Labute approximate surface area is 230 Å². The molecular formula is C30H30N4O6. The predicted octanol–water partition coefficient (Wildman–Crippen LogP) is 2.49. The highest BCUT2D eigenvalue weighted by molar-refractivity contribution is 6.30. The van der Waals surface area contributed by atoms with Gasteiger partial charge in [-0.25, -0.2) is 9.69 Å². The first-order chi connectivity index (χ1) is 19.3. The third-order valence-electron chi connectivity index (χ3n) is 8.28. The Morgan fingerprint density at radius 2 is 1.77 bits per heavy atom. The molecule has 1 aromatic heterocycles. The summed E-state index contributed by atoms with van der Waals surface area (Å²) in [5.41, 5.74) is 0.292. The molecule has 0 unspecified atom stereocenters. The summed E-state index contributed by atoms with van der Waals surface area (Å²) in [5, 5.41) is 12.6. The summed E-state index contributed by atoms with van der Waals surface area (Å²) in [6.45, 7) is 1.85. The summed E-state index contributed by atoms with van der Waals surface area (Å²) >= 11 is 0. The van der Waals surface area contributed by atoms with Gasteiger partial charge in [0.15, 0.2) is 11.5 Å². The van der Waals surface area contributed by atoms with Gasteiger partial charge in [-0.3, -0.25) is 19.7 Å². The number of phenols is 1. The van der Waals surface area contributed by atoms with Crippen molar-refractivity contribution in [3.63, 3.8) is 0 Å². The quantitative estimate of drug-likeness (QED) is 0.459. The first-order valence-corrected chi connectivity index (χ1v) is 13.3. The number of phenolic OH excluding ortho intramolecular Hbond substituents is 1. The van der Waals surface area contributed by atoms with Crippen LogP contribution in [0.3, 0.4) is 0 Å². The normalized spacial score (nSPS) is 24.4. The van der Waals surface area contributed by atoms with Gasteiger partial charge in [0.2, 0.25) is 5.91 Å². The number of barbiturate groups is 1. The number of amides is 4. The maximum Gasteiger partial charge on any atom is 0.335 e. The molecule has 0 aliphatic carbocycles. The van der Waals surface area contributed by atoms with E-state index in [-0.39, 0.29) is 41.9 Å². The summed E-state index contributed by atoms with van der Waals surface area (Å²) in [6, 6.07) is 17.8. The van der Waals surface area contributed by atoms with Crippen LogP contribution in [-0.2, 0) is 22.6 Å². The number of benzene rings is 2. The number of likely N-dealkylation sites (tertiary alicyclic amines) is 1. The number of piperidine rings is 1.